The highest BCUT2D eigenvalue weighted by molar-refractivity contribution is 5.92. The van der Waals surface area contributed by atoms with Gasteiger partial charge in [-0.15, -0.1) is 0 Å². The fraction of sp³-hybridized carbons (Fsp3) is 0.167. The number of aromatic nitrogens is 2. The fourth-order valence-electron chi connectivity index (χ4n) is 3.33. The summed E-state index contributed by atoms with van der Waals surface area (Å²) in [5.74, 6) is 0.735. The van der Waals surface area contributed by atoms with Crippen LogP contribution in [0, 0.1) is 6.92 Å². The van der Waals surface area contributed by atoms with Gasteiger partial charge in [0, 0.05) is 11.3 Å². The van der Waals surface area contributed by atoms with Crippen LogP contribution in [-0.4, -0.2) is 15.5 Å². The van der Waals surface area contributed by atoms with Crippen LogP contribution in [0.4, 0.5) is 5.69 Å². The van der Waals surface area contributed by atoms with Crippen molar-refractivity contribution in [3.63, 3.8) is 0 Å². The van der Waals surface area contributed by atoms with Gasteiger partial charge in [0.1, 0.15) is 12.4 Å². The van der Waals surface area contributed by atoms with Gasteiger partial charge in [0.2, 0.25) is 5.91 Å². The molecule has 0 aliphatic carbocycles. The first-order valence-electron chi connectivity index (χ1n) is 9.55. The van der Waals surface area contributed by atoms with Gasteiger partial charge in [-0.1, -0.05) is 61.0 Å². The molecule has 0 atom stereocenters. The van der Waals surface area contributed by atoms with Gasteiger partial charge in [0.25, 0.3) is 0 Å². The van der Waals surface area contributed by atoms with Gasteiger partial charge >= 0.3 is 0 Å². The lowest BCUT2D eigenvalue weighted by atomic mass is 10.1. The number of imidazole rings is 1. The molecule has 0 fully saturated rings. The third-order valence-electron chi connectivity index (χ3n) is 4.91. The van der Waals surface area contributed by atoms with E-state index in [0.29, 0.717) is 0 Å². The SMILES string of the molecule is CCc1ccc(NC(=O)Cn2c(-c3ccc(C)cc3)nc3ccccc32)cc1. The number of hydrogen-bond acceptors (Lipinski definition) is 2. The van der Waals surface area contributed by atoms with Crippen LogP contribution in [0.15, 0.2) is 72.8 Å². The van der Waals surface area contributed by atoms with Crippen LogP contribution in [0.3, 0.4) is 0 Å². The van der Waals surface area contributed by atoms with E-state index in [2.05, 4.69) is 43.4 Å². The largest absolute Gasteiger partial charge is 0.325 e. The van der Waals surface area contributed by atoms with Crippen LogP contribution < -0.4 is 5.32 Å². The Hall–Kier alpha value is -3.40. The molecule has 3 aromatic carbocycles. The lowest BCUT2D eigenvalue weighted by Crippen LogP contribution is -2.19. The molecule has 0 saturated carbocycles. The molecule has 1 heterocycles. The van der Waals surface area contributed by atoms with Crippen LogP contribution in [0.1, 0.15) is 18.1 Å². The van der Waals surface area contributed by atoms with E-state index in [1.807, 2.05) is 53.1 Å². The van der Waals surface area contributed by atoms with Crippen molar-refractivity contribution < 1.29 is 4.79 Å². The molecular weight excluding hydrogens is 346 g/mol. The number of rotatable bonds is 5. The number of benzene rings is 3. The number of anilines is 1. The van der Waals surface area contributed by atoms with Crippen LogP contribution in [-0.2, 0) is 17.8 Å². The maximum atomic E-state index is 12.8. The number of nitrogens with one attached hydrogen (secondary N) is 1. The summed E-state index contributed by atoms with van der Waals surface area (Å²) in [6.45, 7) is 4.38. The first kappa shape index (κ1) is 18.0. The van der Waals surface area contributed by atoms with Gasteiger partial charge in [0.05, 0.1) is 11.0 Å². The molecular formula is C24H23N3O. The van der Waals surface area contributed by atoms with E-state index in [4.69, 9.17) is 4.98 Å². The number of fused-ring (bicyclic) bond motifs is 1. The highest BCUT2D eigenvalue weighted by Crippen LogP contribution is 2.25. The van der Waals surface area contributed by atoms with Gasteiger partial charge in [-0.3, -0.25) is 4.79 Å². The zero-order chi connectivity index (χ0) is 19.5. The van der Waals surface area contributed by atoms with Gasteiger partial charge < -0.3 is 9.88 Å². The van der Waals surface area contributed by atoms with Crippen LogP contribution in [0.2, 0.25) is 0 Å². The van der Waals surface area contributed by atoms with Gasteiger partial charge in [0.15, 0.2) is 0 Å². The number of aryl methyl sites for hydroxylation is 2. The summed E-state index contributed by atoms with van der Waals surface area (Å²) in [6, 6.07) is 24.1. The maximum Gasteiger partial charge on any atom is 0.244 e. The smallest absolute Gasteiger partial charge is 0.244 e. The van der Waals surface area contributed by atoms with E-state index < -0.39 is 0 Å². The molecule has 1 amide bonds. The molecule has 4 aromatic rings. The van der Waals surface area contributed by atoms with Crippen molar-refractivity contribution in [1.82, 2.24) is 9.55 Å². The van der Waals surface area contributed by atoms with E-state index in [0.717, 1.165) is 34.5 Å². The normalized spacial score (nSPS) is 10.9. The molecule has 28 heavy (non-hydrogen) atoms. The summed E-state index contributed by atoms with van der Waals surface area (Å²) in [6.07, 6.45) is 0.981. The molecule has 1 aromatic heterocycles. The van der Waals surface area contributed by atoms with Gasteiger partial charge in [-0.25, -0.2) is 4.98 Å². The Kier molecular flexibility index (Phi) is 4.94. The molecule has 0 aliphatic rings. The summed E-state index contributed by atoms with van der Waals surface area (Å²) in [5, 5.41) is 3.00. The molecule has 0 bridgehead atoms. The average Bonchev–Trinajstić information content (AvgIpc) is 3.07. The molecule has 140 valence electrons. The van der Waals surface area contributed by atoms with Crippen LogP contribution in [0.25, 0.3) is 22.4 Å². The third-order valence-corrected chi connectivity index (χ3v) is 4.91. The van der Waals surface area contributed by atoms with Gasteiger partial charge in [-0.2, -0.15) is 0 Å². The summed E-state index contributed by atoms with van der Waals surface area (Å²) < 4.78 is 1.98. The molecule has 0 aliphatic heterocycles. The van der Waals surface area contributed by atoms with Crippen molar-refractivity contribution in [3.05, 3.63) is 83.9 Å². The van der Waals surface area contributed by atoms with E-state index in [9.17, 15) is 4.79 Å². The standard InChI is InChI=1S/C24H23N3O/c1-3-18-10-14-20(15-11-18)25-23(28)16-27-22-7-5-4-6-21(22)26-24(27)19-12-8-17(2)9-13-19/h4-15H,3,16H2,1-2H3,(H,25,28). The predicted octanol–water partition coefficient (Wildman–Crippen LogP) is 5.21. The fourth-order valence-corrected chi connectivity index (χ4v) is 3.33. The summed E-state index contributed by atoms with van der Waals surface area (Å²) in [7, 11) is 0. The Balaban J connectivity index is 1.65. The minimum absolute atomic E-state index is 0.0687. The molecule has 1 N–H and O–H groups in total. The second kappa shape index (κ2) is 7.69. The number of carbonyl (C=O) groups excluding carboxylic acids is 1. The first-order chi connectivity index (χ1) is 13.6. The molecule has 0 spiro atoms. The summed E-state index contributed by atoms with van der Waals surface area (Å²) >= 11 is 0. The number of para-hydroxylation sites is 2. The van der Waals surface area contributed by atoms with Crippen molar-refractivity contribution >= 4 is 22.6 Å². The van der Waals surface area contributed by atoms with Crippen molar-refractivity contribution in [1.29, 1.82) is 0 Å². The summed E-state index contributed by atoms with van der Waals surface area (Å²) in [4.78, 5) is 17.5. The third kappa shape index (κ3) is 3.67. The maximum absolute atomic E-state index is 12.8. The minimum Gasteiger partial charge on any atom is -0.325 e. The van der Waals surface area contributed by atoms with E-state index in [1.165, 1.54) is 11.1 Å². The Labute approximate surface area is 164 Å². The topological polar surface area (TPSA) is 46.9 Å². The number of amides is 1. The number of hydrogen-bond donors (Lipinski definition) is 1. The van der Waals surface area contributed by atoms with Crippen LogP contribution in [0.5, 0.6) is 0 Å². The minimum atomic E-state index is -0.0687. The van der Waals surface area contributed by atoms with E-state index >= 15 is 0 Å². The monoisotopic (exact) mass is 369 g/mol. The lowest BCUT2D eigenvalue weighted by Gasteiger charge is -2.11. The highest BCUT2D eigenvalue weighted by atomic mass is 16.1. The Bertz CT molecular complexity index is 1110. The molecule has 4 heteroatoms. The number of carbonyl (C=O) groups is 1. The van der Waals surface area contributed by atoms with Gasteiger partial charge in [-0.05, 0) is 43.2 Å². The second-order valence-corrected chi connectivity index (χ2v) is 6.97. The van der Waals surface area contributed by atoms with Crippen LogP contribution >= 0.6 is 0 Å². The van der Waals surface area contributed by atoms with E-state index in [1.54, 1.807) is 0 Å². The molecule has 4 rings (SSSR count). The predicted molar refractivity (Wildman–Crippen MR) is 114 cm³/mol. The highest BCUT2D eigenvalue weighted by Gasteiger charge is 2.15. The molecule has 0 radical (unpaired) electrons. The van der Waals surface area contributed by atoms with Crippen molar-refractivity contribution in [3.8, 4) is 11.4 Å². The van der Waals surface area contributed by atoms with Crippen molar-refractivity contribution in [2.24, 2.45) is 0 Å². The Morgan fingerprint density at radius 2 is 1.68 bits per heavy atom. The average molecular weight is 369 g/mol. The number of nitrogens with zero attached hydrogens (tertiary/aromatic N) is 2. The molecule has 4 nitrogen and oxygen atoms in total. The Morgan fingerprint density at radius 1 is 0.964 bits per heavy atom. The zero-order valence-corrected chi connectivity index (χ0v) is 16.1. The molecule has 0 unspecified atom stereocenters. The Morgan fingerprint density at radius 3 is 2.39 bits per heavy atom. The first-order valence-corrected chi connectivity index (χ1v) is 9.55. The second-order valence-electron chi connectivity index (χ2n) is 6.97. The van der Waals surface area contributed by atoms with E-state index in [-0.39, 0.29) is 12.5 Å². The summed E-state index contributed by atoms with van der Waals surface area (Å²) in [5.41, 5.74) is 6.10. The quantitative estimate of drug-likeness (QED) is 0.525. The van der Waals surface area contributed by atoms with Crippen molar-refractivity contribution in [2.75, 3.05) is 5.32 Å². The molecule has 0 saturated heterocycles. The zero-order valence-electron chi connectivity index (χ0n) is 16.1. The van der Waals surface area contributed by atoms with Crippen molar-refractivity contribution in [2.45, 2.75) is 26.8 Å². The lowest BCUT2D eigenvalue weighted by molar-refractivity contribution is -0.116.